The van der Waals surface area contributed by atoms with Crippen LogP contribution in [-0.4, -0.2) is 37.7 Å². The predicted molar refractivity (Wildman–Crippen MR) is 88.4 cm³/mol. The molecule has 4 nitrogen and oxygen atoms in total. The molecule has 1 amide bonds. The van der Waals surface area contributed by atoms with Crippen molar-refractivity contribution < 1.29 is 13.9 Å². The smallest absolute Gasteiger partial charge is 0.406 e. The summed E-state index contributed by atoms with van der Waals surface area (Å²) in [7, 11) is 1.33. The van der Waals surface area contributed by atoms with Gasteiger partial charge in [0.15, 0.2) is 0 Å². The molecular weight excluding hydrogens is 283 g/mol. The lowest BCUT2D eigenvalue weighted by molar-refractivity contribution is 0.165. The molecule has 1 N–H and O–H groups in total. The van der Waals surface area contributed by atoms with Crippen LogP contribution in [0.3, 0.4) is 0 Å². The molecule has 0 fully saturated rings. The Morgan fingerprint density at radius 1 is 1.32 bits per heavy atom. The van der Waals surface area contributed by atoms with Gasteiger partial charge in [-0.25, -0.2) is 9.18 Å². The molecule has 1 aromatic rings. The maximum atomic E-state index is 13.7. The van der Waals surface area contributed by atoms with Crippen LogP contribution < -0.4 is 5.32 Å². The van der Waals surface area contributed by atoms with Gasteiger partial charge in [0.25, 0.3) is 0 Å². The van der Waals surface area contributed by atoms with Crippen molar-refractivity contribution in [3.05, 3.63) is 35.6 Å². The van der Waals surface area contributed by atoms with E-state index in [4.69, 9.17) is 0 Å². The zero-order valence-corrected chi connectivity index (χ0v) is 14.4. The zero-order valence-electron chi connectivity index (χ0n) is 14.4. The van der Waals surface area contributed by atoms with Gasteiger partial charge < -0.3 is 10.1 Å². The number of methoxy groups -OCH3 is 1. The molecule has 126 valence electrons. The van der Waals surface area contributed by atoms with Crippen molar-refractivity contribution in [1.82, 2.24) is 10.2 Å². The molecule has 5 heteroatoms. The Hall–Kier alpha value is -1.62. The Morgan fingerprint density at radius 3 is 2.41 bits per heavy atom. The highest BCUT2D eigenvalue weighted by Gasteiger charge is 2.17. The van der Waals surface area contributed by atoms with Crippen LogP contribution in [0.5, 0.6) is 0 Å². The molecule has 0 heterocycles. The average molecular weight is 312 g/mol. The van der Waals surface area contributed by atoms with Gasteiger partial charge in [0, 0.05) is 24.7 Å². The van der Waals surface area contributed by atoms with E-state index in [2.05, 4.69) is 28.8 Å². The van der Waals surface area contributed by atoms with Crippen molar-refractivity contribution >= 4 is 6.09 Å². The first kappa shape index (κ1) is 20.4. The van der Waals surface area contributed by atoms with Gasteiger partial charge in [0.2, 0.25) is 0 Å². The van der Waals surface area contributed by atoms with Crippen LogP contribution in [0.1, 0.15) is 45.7 Å². The van der Waals surface area contributed by atoms with Gasteiger partial charge in [-0.05, 0) is 19.5 Å². The van der Waals surface area contributed by atoms with Crippen molar-refractivity contribution in [1.29, 1.82) is 0 Å². The normalized spacial score (nSPS) is 11.4. The van der Waals surface area contributed by atoms with E-state index in [0.717, 1.165) is 6.54 Å². The van der Waals surface area contributed by atoms with E-state index < -0.39 is 6.09 Å². The predicted octanol–water partition coefficient (Wildman–Crippen LogP) is 3.98. The SMILES string of the molecule is CCC.CCN(CCNC(=O)OC)[C@@H](C)c1ccccc1F. The van der Waals surface area contributed by atoms with Gasteiger partial charge in [-0.2, -0.15) is 0 Å². The fraction of sp³-hybridized carbons (Fsp3) is 0.588. The highest BCUT2D eigenvalue weighted by molar-refractivity contribution is 5.66. The lowest BCUT2D eigenvalue weighted by Crippen LogP contribution is -2.36. The second-order valence-corrected chi connectivity index (χ2v) is 4.95. The summed E-state index contributed by atoms with van der Waals surface area (Å²) >= 11 is 0. The number of nitrogens with one attached hydrogen (secondary N) is 1. The molecule has 22 heavy (non-hydrogen) atoms. The first-order chi connectivity index (χ1) is 10.5. The number of ether oxygens (including phenoxy) is 1. The van der Waals surface area contributed by atoms with Crippen LogP contribution in [0.15, 0.2) is 24.3 Å². The number of carbonyl (C=O) groups excluding carboxylic acids is 1. The minimum absolute atomic E-state index is 0.0364. The quantitative estimate of drug-likeness (QED) is 0.864. The molecule has 1 rings (SSSR count). The lowest BCUT2D eigenvalue weighted by atomic mass is 10.1. The summed E-state index contributed by atoms with van der Waals surface area (Å²) in [4.78, 5) is 13.1. The summed E-state index contributed by atoms with van der Waals surface area (Å²) in [6.45, 7) is 10.1. The summed E-state index contributed by atoms with van der Waals surface area (Å²) in [5.74, 6) is -0.200. The number of amides is 1. The van der Waals surface area contributed by atoms with Crippen molar-refractivity contribution in [2.24, 2.45) is 0 Å². The number of carbonyl (C=O) groups is 1. The van der Waals surface area contributed by atoms with E-state index in [1.807, 2.05) is 19.9 Å². The van der Waals surface area contributed by atoms with Gasteiger partial charge in [-0.3, -0.25) is 4.90 Å². The Balaban J connectivity index is 0.00000135. The summed E-state index contributed by atoms with van der Waals surface area (Å²) in [5.41, 5.74) is 0.669. The largest absolute Gasteiger partial charge is 0.453 e. The van der Waals surface area contributed by atoms with Gasteiger partial charge in [0.1, 0.15) is 5.82 Å². The van der Waals surface area contributed by atoms with E-state index in [1.54, 1.807) is 12.1 Å². The Morgan fingerprint density at radius 2 is 1.91 bits per heavy atom. The molecule has 1 atom stereocenters. The molecule has 1 aromatic carbocycles. The summed E-state index contributed by atoms with van der Waals surface area (Å²) in [5, 5.41) is 2.62. The summed E-state index contributed by atoms with van der Waals surface area (Å²) in [6.07, 6.45) is 0.801. The molecule has 0 aliphatic heterocycles. The van der Waals surface area contributed by atoms with Crippen molar-refractivity contribution in [2.75, 3.05) is 26.7 Å². The van der Waals surface area contributed by atoms with Gasteiger partial charge in [0.05, 0.1) is 7.11 Å². The minimum atomic E-state index is -0.449. The summed E-state index contributed by atoms with van der Waals surface area (Å²) < 4.78 is 18.2. The standard InChI is InChI=1S/C14H21FN2O2.C3H8/c1-4-17(10-9-16-14(18)19-3)11(2)12-7-5-6-8-13(12)15;1-3-2/h5-8,11H,4,9-10H2,1-3H3,(H,16,18);3H2,1-2H3/t11-;/m0./s1. The number of likely N-dealkylation sites (N-methyl/N-ethyl adjacent to an activating group) is 1. The molecule has 0 spiro atoms. The number of alkyl carbamates (subject to hydrolysis) is 1. The molecule has 0 bridgehead atoms. The van der Waals surface area contributed by atoms with Crippen LogP contribution in [-0.2, 0) is 4.74 Å². The highest BCUT2D eigenvalue weighted by Crippen LogP contribution is 2.21. The highest BCUT2D eigenvalue weighted by atomic mass is 19.1. The van der Waals surface area contributed by atoms with Crippen molar-refractivity contribution in [3.8, 4) is 0 Å². The monoisotopic (exact) mass is 312 g/mol. The molecule has 0 aliphatic carbocycles. The molecule has 0 aromatic heterocycles. The number of benzene rings is 1. The Kier molecular flexibility index (Phi) is 11.1. The zero-order chi connectivity index (χ0) is 17.0. The third kappa shape index (κ3) is 7.41. The fourth-order valence-electron chi connectivity index (χ4n) is 2.01. The van der Waals surface area contributed by atoms with Crippen LogP contribution in [0, 0.1) is 5.82 Å². The van der Waals surface area contributed by atoms with E-state index >= 15 is 0 Å². The average Bonchev–Trinajstić information content (AvgIpc) is 2.52. The minimum Gasteiger partial charge on any atom is -0.453 e. The number of hydrogen-bond donors (Lipinski definition) is 1. The maximum absolute atomic E-state index is 13.7. The van der Waals surface area contributed by atoms with Crippen LogP contribution in [0.2, 0.25) is 0 Å². The number of nitrogens with zero attached hydrogens (tertiary/aromatic N) is 1. The molecular formula is C17H29FN2O2. The first-order valence-electron chi connectivity index (χ1n) is 7.81. The second kappa shape index (κ2) is 12.0. The van der Waals surface area contributed by atoms with Crippen molar-refractivity contribution in [3.63, 3.8) is 0 Å². The Bertz CT molecular complexity index is 427. The summed E-state index contributed by atoms with van der Waals surface area (Å²) in [6, 6.07) is 6.73. The van der Waals surface area contributed by atoms with E-state index in [0.29, 0.717) is 18.7 Å². The maximum Gasteiger partial charge on any atom is 0.406 e. The first-order valence-corrected chi connectivity index (χ1v) is 7.81. The third-order valence-corrected chi connectivity index (χ3v) is 3.16. The van der Waals surface area contributed by atoms with Crippen LogP contribution in [0.4, 0.5) is 9.18 Å². The number of rotatable bonds is 6. The van der Waals surface area contributed by atoms with E-state index in [1.165, 1.54) is 19.6 Å². The van der Waals surface area contributed by atoms with Crippen LogP contribution >= 0.6 is 0 Å². The van der Waals surface area contributed by atoms with E-state index in [-0.39, 0.29) is 11.9 Å². The molecule has 0 saturated carbocycles. The molecule has 0 unspecified atom stereocenters. The topological polar surface area (TPSA) is 41.6 Å². The fourth-order valence-corrected chi connectivity index (χ4v) is 2.01. The second-order valence-electron chi connectivity index (χ2n) is 4.95. The van der Waals surface area contributed by atoms with Gasteiger partial charge in [-0.1, -0.05) is 45.4 Å². The lowest BCUT2D eigenvalue weighted by Gasteiger charge is -2.28. The number of halogens is 1. The molecule has 0 saturated heterocycles. The van der Waals surface area contributed by atoms with E-state index in [9.17, 15) is 9.18 Å². The third-order valence-electron chi connectivity index (χ3n) is 3.16. The molecule has 0 radical (unpaired) electrons. The number of hydrogen-bond acceptors (Lipinski definition) is 3. The molecule has 0 aliphatic rings. The van der Waals surface area contributed by atoms with Gasteiger partial charge >= 0.3 is 6.09 Å². The van der Waals surface area contributed by atoms with Crippen molar-refractivity contribution in [2.45, 2.75) is 40.2 Å². The van der Waals surface area contributed by atoms with Crippen LogP contribution in [0.25, 0.3) is 0 Å². The Labute approximate surface area is 133 Å². The van der Waals surface area contributed by atoms with Gasteiger partial charge in [-0.15, -0.1) is 0 Å².